The van der Waals surface area contributed by atoms with Crippen LogP contribution in [0.15, 0.2) is 468 Å². The molecule has 0 spiro atoms. The Balaban J connectivity index is 0.000000177. The third-order valence-electron chi connectivity index (χ3n) is 20.2. The molecule has 14 nitrogen and oxygen atoms in total. The highest BCUT2D eigenvalue weighted by atomic mass is 79.9. The monoisotopic (exact) mass is 2450 g/mol. The van der Waals surface area contributed by atoms with Crippen molar-refractivity contribution < 1.29 is 115 Å². The lowest BCUT2D eigenvalue weighted by Gasteiger charge is -2.15. The highest BCUT2D eigenvalue weighted by Gasteiger charge is 2.43. The van der Waals surface area contributed by atoms with Crippen molar-refractivity contribution in [3.63, 3.8) is 0 Å². The summed E-state index contributed by atoms with van der Waals surface area (Å²) in [6, 6.07) is 114. The summed E-state index contributed by atoms with van der Waals surface area (Å²) >= 11 is 15.7. The lowest BCUT2D eigenvalue weighted by Crippen LogP contribution is -2.29. The molecule has 0 aliphatic carbocycles. The van der Waals surface area contributed by atoms with Crippen LogP contribution in [0.25, 0.3) is 0 Å². The number of halogens is 16. The number of esters is 7. The fourth-order valence-electron chi connectivity index (χ4n) is 13.2. The van der Waals surface area contributed by atoms with Crippen LogP contribution >= 0.6 is 79.6 Å². The van der Waals surface area contributed by atoms with Gasteiger partial charge in [-0.1, -0.05) is 213 Å². The Morgan fingerprint density at radius 2 is 0.483 bits per heavy atom. The van der Waals surface area contributed by atoms with Gasteiger partial charge in [-0.25, -0.2) is 13.6 Å². The summed E-state index contributed by atoms with van der Waals surface area (Å²) in [5.74, 6) is -2.71. The highest BCUT2D eigenvalue weighted by Crippen LogP contribution is 2.44. The molecule has 0 aromatic heterocycles. The molecule has 35 heteroatoms. The van der Waals surface area contributed by atoms with Gasteiger partial charge in [0.05, 0.1) is 77.6 Å². The third-order valence-corrected chi connectivity index (χ3v) is 33.1. The summed E-state index contributed by atoms with van der Waals surface area (Å²) in [5.41, 5.74) is -3.43. The Hall–Kier alpha value is -12.0. The standard InChI is InChI=1S/2C24H22BrO4S.C23H16BrF6O2S.C22H17BrF3O2S.C21H16BrF2O2S/c1-24(2,25)23(27)28-17-22(26)29-18-13-15-21(16-14-18)30(19-9-5-3-6-10-19)20-11-7-4-8-12-20;1-18(25)24(27)28-17-16-23(26)29-19-12-14-22(15-13-19)30(20-8-4-2-5-9-20)21-10-6-3-7-11-21;1-14(24)21(31)32-17-7-9-19(10-8-17)33(18-5-3-2-4-6-18)20-12-15(22(25,26)27)11-16(13-20)23(28,29)30;1-15(23)21(27)28-17-10-12-19(13-11-17)29(18-7-3-2-4-8-18)20-9-5-6-16(14-20)22(24,25)26;1-14(22)21(25)26-17-7-9-19(10-8-17)27(18-5-3-2-4-6-18)20-12-15(23)11-16(24)13-20/h3-16H,17H2,1-2H3;2-15,18H,16-17H2,1H3;2-14H,1H3;2-15H,1H3;2-14H,1H3/q5*+1. The first-order valence-electron chi connectivity index (χ1n) is 45.1. The van der Waals surface area contributed by atoms with E-state index in [0.29, 0.717) is 42.6 Å². The van der Waals surface area contributed by atoms with Gasteiger partial charge in [0.25, 0.3) is 0 Å². The molecule has 0 saturated heterocycles. The van der Waals surface area contributed by atoms with E-state index in [-0.39, 0.29) is 51.5 Å². The second-order valence-corrected chi connectivity index (χ2v) is 49.7. The van der Waals surface area contributed by atoms with E-state index in [9.17, 15) is 81.9 Å². The summed E-state index contributed by atoms with van der Waals surface area (Å²) < 4.78 is 183. The third kappa shape index (κ3) is 36.4. The molecule has 7 atom stereocenters. The molecule has 0 bridgehead atoms. The first-order valence-corrected chi connectivity index (χ1v) is 55.7. The molecule has 0 N–H and O–H groups in total. The predicted molar refractivity (Wildman–Crippen MR) is 574 cm³/mol. The average molecular weight is 2460 g/mol. The van der Waals surface area contributed by atoms with E-state index >= 15 is 0 Å². The summed E-state index contributed by atoms with van der Waals surface area (Å²) in [6.07, 6.45) is -14.3. The number of hydrogen-bond acceptors (Lipinski definition) is 14. The molecule has 770 valence electrons. The highest BCUT2D eigenvalue weighted by molar-refractivity contribution is 9.10. The number of ether oxygens (including phenoxy) is 7. The van der Waals surface area contributed by atoms with E-state index in [2.05, 4.69) is 128 Å². The smallest absolute Gasteiger partial charge is 0.416 e. The molecule has 15 rings (SSSR count). The number of carbonyl (C=O) groups excluding carboxylic acids is 7. The molecule has 15 aromatic rings. The van der Waals surface area contributed by atoms with Crippen LogP contribution in [0.3, 0.4) is 0 Å². The van der Waals surface area contributed by atoms with Crippen molar-refractivity contribution in [2.24, 2.45) is 0 Å². The minimum absolute atomic E-state index is 0.00282. The van der Waals surface area contributed by atoms with Crippen molar-refractivity contribution in [2.75, 3.05) is 13.2 Å². The van der Waals surface area contributed by atoms with Gasteiger partial charge in [0.2, 0.25) is 0 Å². The largest absolute Gasteiger partial charge is 0.464 e. The summed E-state index contributed by atoms with van der Waals surface area (Å²) in [6.45, 7) is 9.45. The van der Waals surface area contributed by atoms with Crippen molar-refractivity contribution in [1.29, 1.82) is 0 Å². The molecule has 0 amide bonds. The molecular weight excluding hydrogens is 2360 g/mol. The minimum atomic E-state index is -4.95. The van der Waals surface area contributed by atoms with Gasteiger partial charge in [-0.15, -0.1) is 0 Å². The van der Waals surface area contributed by atoms with Crippen molar-refractivity contribution >= 4 is 176 Å². The lowest BCUT2D eigenvalue weighted by atomic mass is 10.1. The first kappa shape index (κ1) is 117. The minimum Gasteiger partial charge on any atom is -0.464 e. The topological polar surface area (TPSA) is 184 Å². The van der Waals surface area contributed by atoms with Crippen molar-refractivity contribution in [1.82, 2.24) is 0 Å². The fourth-order valence-corrected chi connectivity index (χ4v) is 24.3. The van der Waals surface area contributed by atoms with E-state index in [4.69, 9.17) is 33.2 Å². The summed E-state index contributed by atoms with van der Waals surface area (Å²) in [5, 5.41) is 0. The fraction of sp³-hybridized carbons (Fsp3) is 0.149. The van der Waals surface area contributed by atoms with E-state index in [1.165, 1.54) is 68.1 Å². The SMILES string of the molecule is CC(Br)C(=O)OCCC(=O)Oc1ccc([S+](c2ccccc2)c2ccccc2)cc1.CC(Br)C(=O)Oc1ccc([S+](c2ccccc2)c2cc(C(F)(F)F)cc(C(F)(F)F)c2)cc1.CC(Br)C(=O)Oc1ccc([S+](c2ccccc2)c2cc(F)cc(F)c2)cc1.CC(Br)C(=O)Oc1ccc([S+](c2ccccc2)c2cccc(C(F)(F)F)c2)cc1.CC(C)(Br)C(=O)OCC(=O)Oc1ccc([S+](c2ccccc2)c2ccccc2)cc1. The number of rotatable bonds is 30. The Kier molecular flexibility index (Phi) is 44.2. The van der Waals surface area contributed by atoms with Crippen LogP contribution < -0.4 is 23.7 Å². The van der Waals surface area contributed by atoms with Crippen LogP contribution in [0.2, 0.25) is 0 Å². The van der Waals surface area contributed by atoms with E-state index in [1.54, 1.807) is 151 Å². The maximum atomic E-state index is 13.8. The van der Waals surface area contributed by atoms with Crippen molar-refractivity contribution in [2.45, 2.75) is 164 Å². The zero-order valence-corrected chi connectivity index (χ0v) is 91.8. The summed E-state index contributed by atoms with van der Waals surface area (Å²) in [4.78, 5) is 93.1. The molecule has 0 radical (unpaired) electrons. The van der Waals surface area contributed by atoms with Crippen LogP contribution in [0.5, 0.6) is 28.7 Å². The Morgan fingerprint density at radius 3 is 0.745 bits per heavy atom. The molecule has 149 heavy (non-hydrogen) atoms. The van der Waals surface area contributed by atoms with Gasteiger partial charge in [-0.2, -0.15) is 39.5 Å². The van der Waals surface area contributed by atoms with E-state index in [0.717, 1.165) is 53.6 Å². The van der Waals surface area contributed by atoms with E-state index in [1.807, 2.05) is 158 Å². The van der Waals surface area contributed by atoms with E-state index < -0.39 is 152 Å². The molecule has 0 fully saturated rings. The zero-order valence-electron chi connectivity index (χ0n) is 79.8. The van der Waals surface area contributed by atoms with Gasteiger partial charge in [-0.3, -0.25) is 28.8 Å². The van der Waals surface area contributed by atoms with Gasteiger partial charge >= 0.3 is 60.3 Å². The van der Waals surface area contributed by atoms with Crippen LogP contribution in [0.4, 0.5) is 48.3 Å². The van der Waals surface area contributed by atoms with Crippen LogP contribution in [-0.2, 0) is 116 Å². The van der Waals surface area contributed by atoms with Gasteiger partial charge < -0.3 is 33.2 Å². The number of carbonyl (C=O) groups is 7. The second-order valence-electron chi connectivity index (χ2n) is 32.1. The molecular formula is C114H93Br5F11O14S5+5. The molecule has 7 unspecified atom stereocenters. The normalized spacial score (nSPS) is 12.7. The Morgan fingerprint density at radius 1 is 0.255 bits per heavy atom. The molecule has 0 aliphatic heterocycles. The van der Waals surface area contributed by atoms with Gasteiger partial charge in [0, 0.05) is 36.4 Å². The molecule has 15 aromatic carbocycles. The van der Waals surface area contributed by atoms with Crippen LogP contribution in [0.1, 0.15) is 64.7 Å². The zero-order chi connectivity index (χ0) is 108. The predicted octanol–water partition coefficient (Wildman–Crippen LogP) is 30.6. The Labute approximate surface area is 911 Å². The van der Waals surface area contributed by atoms with Gasteiger partial charge in [0.1, 0.15) is 70.6 Å². The molecule has 0 aliphatic rings. The number of benzene rings is 15. The lowest BCUT2D eigenvalue weighted by molar-refractivity contribution is -0.154. The summed E-state index contributed by atoms with van der Waals surface area (Å²) in [7, 11) is -3.24. The first-order chi connectivity index (χ1) is 70.9. The maximum Gasteiger partial charge on any atom is 0.416 e. The number of hydrogen-bond donors (Lipinski definition) is 0. The quantitative estimate of drug-likeness (QED) is 0.0136. The average Bonchev–Trinajstić information content (AvgIpc) is 0.774. The number of alkyl halides is 14. The molecule has 0 saturated carbocycles. The van der Waals surface area contributed by atoms with Crippen molar-refractivity contribution in [3.05, 3.63) is 423 Å². The van der Waals surface area contributed by atoms with Crippen LogP contribution in [-0.4, -0.2) is 78.6 Å². The second kappa shape index (κ2) is 56.2. The molecule has 0 heterocycles. The van der Waals surface area contributed by atoms with Crippen LogP contribution in [0, 0.1) is 11.6 Å². The van der Waals surface area contributed by atoms with Gasteiger partial charge in [-0.05, 0) is 266 Å². The van der Waals surface area contributed by atoms with Gasteiger partial charge in [0.15, 0.2) is 80.0 Å². The Bertz CT molecular complexity index is 6760. The maximum absolute atomic E-state index is 13.8. The van der Waals surface area contributed by atoms with Crippen molar-refractivity contribution in [3.8, 4) is 28.7 Å².